The highest BCUT2D eigenvalue weighted by Gasteiger charge is 2.22. The Bertz CT molecular complexity index is 1210. The van der Waals surface area contributed by atoms with Crippen LogP contribution < -0.4 is 0 Å². The van der Waals surface area contributed by atoms with Crippen LogP contribution in [0.1, 0.15) is 11.1 Å². The fourth-order valence-electron chi connectivity index (χ4n) is 3.15. The topological polar surface area (TPSA) is 104 Å². The van der Waals surface area contributed by atoms with Crippen molar-refractivity contribution in [2.24, 2.45) is 0 Å². The highest BCUT2D eigenvalue weighted by Crippen LogP contribution is 2.43. The van der Waals surface area contributed by atoms with E-state index in [0.717, 1.165) is 10.9 Å². The molecule has 1 aromatic heterocycles. The highest BCUT2D eigenvalue weighted by atomic mass is 16.3. The van der Waals surface area contributed by atoms with Crippen LogP contribution in [-0.2, 0) is 0 Å². The van der Waals surface area contributed by atoms with E-state index in [0.29, 0.717) is 16.3 Å². The SMILES string of the molecule is N#Cc1c(C#N)c2c3ccccc3[nH]c2c2c(O)ccc(O)c12. The molecule has 108 valence electrons. The molecule has 5 nitrogen and oxygen atoms in total. The van der Waals surface area contributed by atoms with Gasteiger partial charge in [-0.05, 0) is 18.2 Å². The average Bonchev–Trinajstić information content (AvgIpc) is 2.95. The van der Waals surface area contributed by atoms with E-state index in [4.69, 9.17) is 0 Å². The molecule has 0 aliphatic rings. The minimum Gasteiger partial charge on any atom is -0.507 e. The molecule has 0 amide bonds. The third kappa shape index (κ3) is 1.53. The number of rotatable bonds is 0. The quantitative estimate of drug-likeness (QED) is 0.431. The molecule has 4 rings (SSSR count). The number of aromatic amines is 1. The predicted molar refractivity (Wildman–Crippen MR) is 86.1 cm³/mol. The maximum Gasteiger partial charge on any atom is 0.125 e. The summed E-state index contributed by atoms with van der Waals surface area (Å²) in [6, 6.07) is 14.2. The van der Waals surface area contributed by atoms with Gasteiger partial charge in [0.2, 0.25) is 0 Å². The summed E-state index contributed by atoms with van der Waals surface area (Å²) in [7, 11) is 0. The van der Waals surface area contributed by atoms with Crippen molar-refractivity contribution in [1.29, 1.82) is 10.5 Å². The number of hydrogen-bond donors (Lipinski definition) is 3. The first-order valence-corrected chi connectivity index (χ1v) is 6.88. The number of phenolic OH excluding ortho intramolecular Hbond substituents is 2. The van der Waals surface area contributed by atoms with Gasteiger partial charge in [0.25, 0.3) is 0 Å². The summed E-state index contributed by atoms with van der Waals surface area (Å²) < 4.78 is 0. The fourth-order valence-corrected chi connectivity index (χ4v) is 3.15. The molecule has 0 aliphatic carbocycles. The molecular weight excluding hydrogens is 290 g/mol. The van der Waals surface area contributed by atoms with Crippen molar-refractivity contribution in [1.82, 2.24) is 4.98 Å². The lowest BCUT2D eigenvalue weighted by molar-refractivity contribution is 0.469. The van der Waals surface area contributed by atoms with Crippen molar-refractivity contribution in [3.63, 3.8) is 0 Å². The molecular formula is C18H9N3O2. The molecule has 5 heteroatoms. The number of nitrogens with one attached hydrogen (secondary N) is 1. The molecule has 3 N–H and O–H groups in total. The Labute approximate surface area is 130 Å². The van der Waals surface area contributed by atoms with Crippen molar-refractivity contribution in [3.05, 3.63) is 47.5 Å². The Morgan fingerprint density at radius 1 is 0.783 bits per heavy atom. The van der Waals surface area contributed by atoms with Gasteiger partial charge < -0.3 is 15.2 Å². The molecule has 0 bridgehead atoms. The second-order valence-corrected chi connectivity index (χ2v) is 5.25. The first-order valence-electron chi connectivity index (χ1n) is 6.88. The third-order valence-corrected chi connectivity index (χ3v) is 4.09. The van der Waals surface area contributed by atoms with Crippen molar-refractivity contribution < 1.29 is 10.2 Å². The summed E-state index contributed by atoms with van der Waals surface area (Å²) in [6.07, 6.45) is 0. The first-order chi connectivity index (χ1) is 11.2. The zero-order valence-corrected chi connectivity index (χ0v) is 11.8. The Morgan fingerprint density at radius 3 is 2.09 bits per heavy atom. The Morgan fingerprint density at radius 2 is 1.39 bits per heavy atom. The average molecular weight is 299 g/mol. The van der Waals surface area contributed by atoms with Crippen LogP contribution in [0.3, 0.4) is 0 Å². The molecule has 0 radical (unpaired) electrons. The molecule has 0 spiro atoms. The van der Waals surface area contributed by atoms with Crippen LogP contribution in [0.25, 0.3) is 32.6 Å². The Hall–Kier alpha value is -3.70. The van der Waals surface area contributed by atoms with E-state index in [1.165, 1.54) is 12.1 Å². The van der Waals surface area contributed by atoms with Crippen LogP contribution in [0.4, 0.5) is 0 Å². The molecule has 0 aliphatic heterocycles. The van der Waals surface area contributed by atoms with Crippen LogP contribution in [-0.4, -0.2) is 15.2 Å². The van der Waals surface area contributed by atoms with E-state index in [9.17, 15) is 20.7 Å². The maximum atomic E-state index is 10.3. The second-order valence-electron chi connectivity index (χ2n) is 5.25. The minimum absolute atomic E-state index is 0.0599. The van der Waals surface area contributed by atoms with Crippen molar-refractivity contribution in [2.45, 2.75) is 0 Å². The first kappa shape index (κ1) is 13.0. The van der Waals surface area contributed by atoms with Crippen LogP contribution in [0, 0.1) is 22.7 Å². The number of phenols is 2. The van der Waals surface area contributed by atoms with E-state index in [1.807, 2.05) is 30.3 Å². The Kier molecular flexibility index (Phi) is 2.48. The molecule has 23 heavy (non-hydrogen) atoms. The zero-order valence-electron chi connectivity index (χ0n) is 11.8. The third-order valence-electron chi connectivity index (χ3n) is 4.09. The summed E-state index contributed by atoms with van der Waals surface area (Å²) in [5.74, 6) is -0.207. The van der Waals surface area contributed by atoms with Crippen LogP contribution >= 0.6 is 0 Å². The van der Waals surface area contributed by atoms with Crippen molar-refractivity contribution >= 4 is 32.6 Å². The largest absolute Gasteiger partial charge is 0.507 e. The molecule has 4 aromatic rings. The monoisotopic (exact) mass is 299 g/mol. The lowest BCUT2D eigenvalue weighted by atomic mass is 9.94. The van der Waals surface area contributed by atoms with Gasteiger partial charge in [0, 0.05) is 21.7 Å². The lowest BCUT2D eigenvalue weighted by Gasteiger charge is -2.09. The molecule has 0 atom stereocenters. The molecule has 0 unspecified atom stereocenters. The predicted octanol–water partition coefficient (Wildman–Crippen LogP) is 3.63. The van der Waals surface area contributed by atoms with Crippen LogP contribution in [0.2, 0.25) is 0 Å². The van der Waals surface area contributed by atoms with Gasteiger partial charge in [0.05, 0.1) is 22.0 Å². The van der Waals surface area contributed by atoms with Gasteiger partial charge in [-0.1, -0.05) is 18.2 Å². The number of aromatic nitrogens is 1. The smallest absolute Gasteiger partial charge is 0.125 e. The number of fused-ring (bicyclic) bond motifs is 5. The molecule has 0 fully saturated rings. The van der Waals surface area contributed by atoms with E-state index in [2.05, 4.69) is 11.1 Å². The van der Waals surface area contributed by atoms with Crippen LogP contribution in [0.15, 0.2) is 36.4 Å². The summed E-state index contributed by atoms with van der Waals surface area (Å²) >= 11 is 0. The molecule has 1 heterocycles. The lowest BCUT2D eigenvalue weighted by Crippen LogP contribution is -1.90. The van der Waals surface area contributed by atoms with E-state index >= 15 is 0 Å². The van der Waals surface area contributed by atoms with Gasteiger partial charge in [-0.3, -0.25) is 0 Å². The van der Waals surface area contributed by atoms with E-state index < -0.39 is 0 Å². The normalized spacial score (nSPS) is 10.9. The van der Waals surface area contributed by atoms with Crippen LogP contribution in [0.5, 0.6) is 11.5 Å². The summed E-state index contributed by atoms with van der Waals surface area (Å²) in [6.45, 7) is 0. The van der Waals surface area contributed by atoms with Gasteiger partial charge >= 0.3 is 0 Å². The van der Waals surface area contributed by atoms with Crippen molar-refractivity contribution in [2.75, 3.05) is 0 Å². The number of nitriles is 2. The number of H-pyrrole nitrogens is 1. The summed E-state index contributed by atoms with van der Waals surface area (Å²) in [4.78, 5) is 3.18. The highest BCUT2D eigenvalue weighted by molar-refractivity contribution is 6.23. The Balaban J connectivity index is 2.49. The number of para-hydroxylation sites is 1. The van der Waals surface area contributed by atoms with Gasteiger partial charge in [0.15, 0.2) is 0 Å². The minimum atomic E-state index is -0.147. The van der Waals surface area contributed by atoms with Gasteiger partial charge in [-0.15, -0.1) is 0 Å². The number of aromatic hydroxyl groups is 2. The molecule has 0 saturated heterocycles. The number of hydrogen-bond acceptors (Lipinski definition) is 4. The molecule has 3 aromatic carbocycles. The second kappa shape index (κ2) is 4.40. The van der Waals surface area contributed by atoms with Gasteiger partial charge in [-0.2, -0.15) is 10.5 Å². The number of benzene rings is 3. The molecule has 0 saturated carbocycles. The van der Waals surface area contributed by atoms with Gasteiger partial charge in [-0.25, -0.2) is 0 Å². The summed E-state index contributed by atoms with van der Waals surface area (Å²) in [5, 5.41) is 41.5. The zero-order chi connectivity index (χ0) is 16.1. The van der Waals surface area contributed by atoms with Crippen molar-refractivity contribution in [3.8, 4) is 23.6 Å². The van der Waals surface area contributed by atoms with E-state index in [-0.39, 0.29) is 28.0 Å². The maximum absolute atomic E-state index is 10.3. The summed E-state index contributed by atoms with van der Waals surface area (Å²) in [5.41, 5.74) is 1.57. The standard InChI is InChI=1S/C18H9N3O2/c19-7-10-11(8-20)16-13(22)5-6-14(23)17(16)18-15(10)9-3-1-2-4-12(9)21-18/h1-6,21-23H. The fraction of sp³-hybridized carbons (Fsp3) is 0. The van der Waals surface area contributed by atoms with E-state index in [1.54, 1.807) is 0 Å². The number of nitrogens with zero attached hydrogens (tertiary/aromatic N) is 2. The van der Waals surface area contributed by atoms with Gasteiger partial charge in [0.1, 0.15) is 23.6 Å².